The zero-order chi connectivity index (χ0) is 44.9. The lowest BCUT2D eigenvalue weighted by Gasteiger charge is -2.59. The summed E-state index contributed by atoms with van der Waals surface area (Å²) in [6.07, 6.45) is -12.8. The Labute approximate surface area is 368 Å². The largest absolute Gasteiger partial charge is 0.396 e. The van der Waals surface area contributed by atoms with Crippen LogP contribution in [0.25, 0.3) is 0 Å². The van der Waals surface area contributed by atoms with Gasteiger partial charge in [0.05, 0.1) is 38.1 Å². The summed E-state index contributed by atoms with van der Waals surface area (Å²) < 4.78 is 49.8. The third-order valence-electron chi connectivity index (χ3n) is 17.8. The molecule has 0 aromatic heterocycles. The minimum atomic E-state index is -1.82. The van der Waals surface area contributed by atoms with Gasteiger partial charge < -0.3 is 89.0 Å². The molecule has 0 amide bonds. The van der Waals surface area contributed by atoms with E-state index in [9.17, 15) is 51.1 Å². The number of hydrogen-bond acceptors (Lipinski definition) is 18. The third kappa shape index (κ3) is 7.81. The molecule has 4 aliphatic carbocycles. The molecule has 3 saturated carbocycles. The van der Waals surface area contributed by atoms with Gasteiger partial charge in [-0.3, -0.25) is 0 Å². The summed E-state index contributed by atoms with van der Waals surface area (Å²) in [7, 11) is 0. The van der Waals surface area contributed by atoms with Crippen LogP contribution in [0.15, 0.2) is 11.6 Å². The van der Waals surface area contributed by atoms with Gasteiger partial charge in [-0.05, 0) is 92.8 Å². The summed E-state index contributed by atoms with van der Waals surface area (Å²) in [5, 5.41) is 105. The monoisotopic (exact) mass is 900 g/mol. The first-order valence-corrected chi connectivity index (χ1v) is 23.5. The van der Waals surface area contributed by atoms with Gasteiger partial charge in [-0.25, -0.2) is 0 Å². The second-order valence-corrected chi connectivity index (χ2v) is 21.0. The molecule has 5 heterocycles. The highest BCUT2D eigenvalue weighted by molar-refractivity contribution is 5.26. The van der Waals surface area contributed by atoms with Crippen molar-refractivity contribution in [3.8, 4) is 0 Å². The summed E-state index contributed by atoms with van der Waals surface area (Å²) >= 11 is 0. The topological polar surface area (TPSA) is 276 Å². The smallest absolute Gasteiger partial charge is 0.187 e. The van der Waals surface area contributed by atoms with Gasteiger partial charge in [0.1, 0.15) is 67.1 Å². The van der Waals surface area contributed by atoms with E-state index in [4.69, 9.17) is 37.9 Å². The van der Waals surface area contributed by atoms with Gasteiger partial charge in [-0.15, -0.1) is 0 Å². The van der Waals surface area contributed by atoms with Crippen molar-refractivity contribution in [2.75, 3.05) is 26.4 Å². The van der Waals surface area contributed by atoms with Gasteiger partial charge in [0.2, 0.25) is 0 Å². The Morgan fingerprint density at radius 2 is 1.35 bits per heavy atom. The quantitative estimate of drug-likeness (QED) is 0.127. The molecular weight excluding hydrogens is 828 g/mol. The zero-order valence-electron chi connectivity index (χ0n) is 36.8. The fourth-order valence-corrected chi connectivity index (χ4v) is 14.1. The molecule has 0 bridgehead atoms. The fourth-order valence-electron chi connectivity index (χ4n) is 14.1. The van der Waals surface area contributed by atoms with Crippen molar-refractivity contribution < 1.29 is 89.0 Å². The van der Waals surface area contributed by atoms with Crippen LogP contribution in [0.2, 0.25) is 0 Å². The van der Waals surface area contributed by atoms with Crippen molar-refractivity contribution in [1.82, 2.24) is 0 Å². The van der Waals surface area contributed by atoms with Crippen molar-refractivity contribution >= 4 is 0 Å². The molecule has 0 radical (unpaired) electrons. The highest BCUT2D eigenvalue weighted by Crippen LogP contribution is 2.70. The average molecular weight is 901 g/mol. The Bertz CT molecular complexity index is 1630. The zero-order valence-corrected chi connectivity index (χ0v) is 36.8. The molecule has 18 heteroatoms. The number of allylic oxidation sites excluding steroid dienone is 1. The van der Waals surface area contributed by atoms with E-state index < -0.39 is 117 Å². The highest BCUT2D eigenvalue weighted by atomic mass is 16.8. The highest BCUT2D eigenvalue weighted by Gasteiger charge is 2.69. The fraction of sp³-hybridized carbons (Fsp3) is 0.956. The minimum absolute atomic E-state index is 0.0603. The molecule has 1 spiro atoms. The van der Waals surface area contributed by atoms with Crippen LogP contribution in [-0.2, 0) is 37.9 Å². The van der Waals surface area contributed by atoms with Crippen LogP contribution in [0.4, 0.5) is 0 Å². The van der Waals surface area contributed by atoms with Crippen molar-refractivity contribution in [2.24, 2.45) is 46.3 Å². The Balaban J connectivity index is 0.912. The lowest BCUT2D eigenvalue weighted by molar-refractivity contribution is -0.389. The Morgan fingerprint density at radius 3 is 2.03 bits per heavy atom. The van der Waals surface area contributed by atoms with Crippen LogP contribution in [-0.4, -0.2) is 188 Å². The van der Waals surface area contributed by atoms with E-state index in [-0.39, 0.29) is 35.4 Å². The number of hydrogen-bond donors (Lipinski definition) is 10. The molecule has 9 aliphatic rings. The Kier molecular flexibility index (Phi) is 13.3. The van der Waals surface area contributed by atoms with E-state index in [2.05, 4.69) is 26.8 Å². The van der Waals surface area contributed by atoms with E-state index in [1.165, 1.54) is 12.5 Å². The van der Waals surface area contributed by atoms with Gasteiger partial charge in [-0.2, -0.15) is 0 Å². The predicted molar refractivity (Wildman–Crippen MR) is 216 cm³/mol. The molecule has 8 fully saturated rings. The van der Waals surface area contributed by atoms with Crippen LogP contribution < -0.4 is 0 Å². The molecule has 63 heavy (non-hydrogen) atoms. The maximum atomic E-state index is 12.0. The number of fused-ring (bicyclic) bond motifs is 7. The molecule has 26 atom stereocenters. The summed E-state index contributed by atoms with van der Waals surface area (Å²) in [6, 6.07) is 0. The van der Waals surface area contributed by atoms with Crippen LogP contribution in [0.3, 0.4) is 0 Å². The average Bonchev–Trinajstić information content (AvgIpc) is 3.72. The Morgan fingerprint density at radius 1 is 0.667 bits per heavy atom. The van der Waals surface area contributed by atoms with Crippen molar-refractivity contribution in [2.45, 2.75) is 196 Å². The molecule has 9 rings (SSSR count). The van der Waals surface area contributed by atoms with Gasteiger partial charge >= 0.3 is 0 Å². The summed E-state index contributed by atoms with van der Waals surface area (Å²) in [5.41, 5.74) is 1.39. The minimum Gasteiger partial charge on any atom is -0.396 e. The van der Waals surface area contributed by atoms with Gasteiger partial charge in [-0.1, -0.05) is 32.4 Å². The number of rotatable bonds is 9. The van der Waals surface area contributed by atoms with Gasteiger partial charge in [0.25, 0.3) is 0 Å². The van der Waals surface area contributed by atoms with E-state index >= 15 is 0 Å². The standard InChI is InChI=1S/C45H72O18/c1-19-30-27(63-45(19)12-7-21(15-46)18-56-45)14-26-24-6-5-22-13-23(8-10-43(22,3)25(24)9-11-44(26,30)4)58-42-39(62-40-35(53)33(51)31(49)20(2)57-40)37(55)38(29(17-48)60-42)61-41-36(54)34(52)32(50)28(16-47)59-41/h5,19-21,23-42,46-55H,6-18H2,1-4H3. The SMILES string of the molecule is CC1OC(OC2C(OC3CCC4(C)C(=CCC5C4CCC4(C)C5CC5OC6(CCC(CO)CO6)C(C)C54)C3)OC(CO)C(OC3OC(CO)C(O)C(O)C3O)C2O)C(O)C(O)C1O. The third-order valence-corrected chi connectivity index (χ3v) is 17.8. The first kappa shape index (κ1) is 47.1. The van der Waals surface area contributed by atoms with E-state index in [1.807, 2.05) is 0 Å². The number of aliphatic hydroxyl groups excluding tert-OH is 10. The molecule has 5 saturated heterocycles. The molecular formula is C45H72O18. The summed E-state index contributed by atoms with van der Waals surface area (Å²) in [4.78, 5) is 0. The lowest BCUT2D eigenvalue weighted by Crippen LogP contribution is -2.67. The summed E-state index contributed by atoms with van der Waals surface area (Å²) in [6.45, 7) is 7.97. The number of ether oxygens (including phenoxy) is 8. The van der Waals surface area contributed by atoms with E-state index in [0.29, 0.717) is 43.1 Å². The predicted octanol–water partition coefficient (Wildman–Crippen LogP) is -0.813. The van der Waals surface area contributed by atoms with E-state index in [0.717, 1.165) is 44.9 Å². The second kappa shape index (κ2) is 17.8. The van der Waals surface area contributed by atoms with Crippen molar-refractivity contribution in [1.29, 1.82) is 0 Å². The molecule has 18 nitrogen and oxygen atoms in total. The normalized spacial score (nSPS) is 56.9. The molecule has 5 aliphatic heterocycles. The molecule has 10 N–H and O–H groups in total. The van der Waals surface area contributed by atoms with Crippen LogP contribution >= 0.6 is 0 Å². The first-order chi connectivity index (χ1) is 30.0. The second-order valence-electron chi connectivity index (χ2n) is 21.0. The van der Waals surface area contributed by atoms with E-state index in [1.54, 1.807) is 0 Å². The molecule has 26 unspecified atom stereocenters. The maximum absolute atomic E-state index is 12.0. The van der Waals surface area contributed by atoms with Gasteiger partial charge in [0, 0.05) is 24.9 Å². The van der Waals surface area contributed by atoms with Crippen LogP contribution in [0, 0.1) is 46.3 Å². The van der Waals surface area contributed by atoms with Crippen molar-refractivity contribution in [3.05, 3.63) is 11.6 Å². The summed E-state index contributed by atoms with van der Waals surface area (Å²) in [5.74, 6) is 1.81. The lowest BCUT2D eigenvalue weighted by atomic mass is 9.47. The van der Waals surface area contributed by atoms with Crippen LogP contribution in [0.5, 0.6) is 0 Å². The number of aliphatic hydroxyl groups is 10. The van der Waals surface area contributed by atoms with Crippen LogP contribution in [0.1, 0.15) is 85.5 Å². The van der Waals surface area contributed by atoms with Gasteiger partial charge in [0.15, 0.2) is 24.7 Å². The van der Waals surface area contributed by atoms with Crippen molar-refractivity contribution in [3.63, 3.8) is 0 Å². The Hall–Kier alpha value is -0.980. The molecule has 0 aromatic carbocycles. The molecule has 0 aromatic rings. The first-order valence-electron chi connectivity index (χ1n) is 23.5. The maximum Gasteiger partial charge on any atom is 0.187 e. The molecule has 360 valence electrons.